The van der Waals surface area contributed by atoms with Gasteiger partial charge in [-0.25, -0.2) is 12.8 Å². The second-order valence-electron chi connectivity index (χ2n) is 5.97. The first-order chi connectivity index (χ1) is 13.6. The van der Waals surface area contributed by atoms with Crippen molar-refractivity contribution in [1.29, 1.82) is 0 Å². The molecule has 0 aliphatic heterocycles. The smallest absolute Gasteiger partial charge is 0.288 e. The Kier molecular flexibility index (Phi) is 5.07. The van der Waals surface area contributed by atoms with Crippen molar-refractivity contribution in [2.75, 3.05) is 11.6 Å². The molecule has 0 saturated heterocycles. The van der Waals surface area contributed by atoms with Crippen molar-refractivity contribution in [3.05, 3.63) is 63.7 Å². The van der Waals surface area contributed by atoms with Gasteiger partial charge in [0.05, 0.1) is 4.92 Å². The van der Waals surface area contributed by atoms with E-state index in [-0.39, 0.29) is 16.9 Å². The largest absolute Gasteiger partial charge is 0.322 e. The topological polar surface area (TPSA) is 150 Å². The predicted octanol–water partition coefficient (Wildman–Crippen LogP) is 1.67. The van der Waals surface area contributed by atoms with E-state index >= 15 is 0 Å². The first kappa shape index (κ1) is 20.0. The molecule has 0 unspecified atom stereocenters. The Morgan fingerprint density at radius 2 is 1.97 bits per heavy atom. The van der Waals surface area contributed by atoms with Gasteiger partial charge >= 0.3 is 0 Å². The summed E-state index contributed by atoms with van der Waals surface area (Å²) in [5.41, 5.74) is -0.697. The number of rotatable bonds is 5. The van der Waals surface area contributed by atoms with E-state index in [2.05, 4.69) is 20.8 Å². The highest BCUT2D eigenvalue weighted by Gasteiger charge is 2.24. The number of carbonyl (C=O) groups is 1. The molecule has 0 saturated carbocycles. The maximum atomic E-state index is 14.1. The maximum absolute atomic E-state index is 14.1. The third-order valence-electron chi connectivity index (χ3n) is 3.87. The first-order valence-corrected chi connectivity index (χ1v) is 9.82. The fourth-order valence-corrected chi connectivity index (χ4v) is 3.35. The third-order valence-corrected chi connectivity index (χ3v) is 5.02. The van der Waals surface area contributed by atoms with Gasteiger partial charge in [-0.3, -0.25) is 14.9 Å². The van der Waals surface area contributed by atoms with Crippen LogP contribution >= 0.6 is 0 Å². The Morgan fingerprint density at radius 3 is 2.55 bits per heavy atom. The van der Waals surface area contributed by atoms with Crippen molar-refractivity contribution >= 4 is 27.1 Å². The normalized spacial score (nSPS) is 11.3. The van der Waals surface area contributed by atoms with Gasteiger partial charge in [-0.1, -0.05) is 0 Å². The van der Waals surface area contributed by atoms with Crippen molar-refractivity contribution in [3.8, 4) is 5.69 Å². The number of aryl methyl sites for hydroxylation is 1. The van der Waals surface area contributed by atoms with Crippen LogP contribution in [0.25, 0.3) is 5.69 Å². The van der Waals surface area contributed by atoms with Gasteiger partial charge in [0, 0.05) is 23.6 Å². The zero-order valence-corrected chi connectivity index (χ0v) is 15.8. The molecular weight excluding hydrogens is 407 g/mol. The van der Waals surface area contributed by atoms with Crippen LogP contribution in [0.4, 0.5) is 15.8 Å². The number of tetrazole rings is 1. The third kappa shape index (κ3) is 4.08. The fraction of sp³-hybridized carbons (Fsp3) is 0.125. The second kappa shape index (κ2) is 7.35. The molecule has 0 spiro atoms. The van der Waals surface area contributed by atoms with E-state index < -0.39 is 37.1 Å². The van der Waals surface area contributed by atoms with E-state index in [1.54, 1.807) is 6.92 Å². The molecule has 2 aromatic carbocycles. The zero-order chi connectivity index (χ0) is 21.3. The number of nitrogens with zero attached hydrogens (tertiary/aromatic N) is 5. The summed E-state index contributed by atoms with van der Waals surface area (Å²) in [5, 5.41) is 24.4. The van der Waals surface area contributed by atoms with Crippen molar-refractivity contribution < 1.29 is 22.5 Å². The number of halogens is 1. The summed E-state index contributed by atoms with van der Waals surface area (Å²) in [6.07, 6.45) is 0.829. The molecule has 0 fully saturated rings. The number of aromatic nitrogens is 4. The average molecular weight is 420 g/mol. The Bertz CT molecular complexity index is 1240. The van der Waals surface area contributed by atoms with E-state index in [0.717, 1.165) is 35.2 Å². The van der Waals surface area contributed by atoms with Crippen LogP contribution in [0.5, 0.6) is 0 Å². The van der Waals surface area contributed by atoms with E-state index in [1.165, 1.54) is 12.1 Å². The van der Waals surface area contributed by atoms with Crippen LogP contribution in [0.1, 0.15) is 16.2 Å². The fourth-order valence-electron chi connectivity index (χ4n) is 2.53. The lowest BCUT2D eigenvalue weighted by atomic mass is 10.1. The number of sulfone groups is 1. The molecule has 0 aliphatic carbocycles. The summed E-state index contributed by atoms with van der Waals surface area (Å²) in [4.78, 5) is 22.3. The number of amides is 1. The van der Waals surface area contributed by atoms with Gasteiger partial charge in [-0.15, -0.1) is 5.10 Å². The van der Waals surface area contributed by atoms with Crippen LogP contribution in [0.2, 0.25) is 0 Å². The Balaban J connectivity index is 1.94. The quantitative estimate of drug-likeness (QED) is 0.484. The van der Waals surface area contributed by atoms with Crippen LogP contribution < -0.4 is 5.32 Å². The molecule has 3 aromatic rings. The second-order valence-corrected chi connectivity index (χ2v) is 7.95. The van der Waals surface area contributed by atoms with Crippen LogP contribution in [0, 0.1) is 22.9 Å². The van der Waals surface area contributed by atoms with Gasteiger partial charge in [0.15, 0.2) is 15.7 Å². The Labute approximate surface area is 163 Å². The molecule has 0 atom stereocenters. The molecule has 0 radical (unpaired) electrons. The predicted molar refractivity (Wildman–Crippen MR) is 98.0 cm³/mol. The lowest BCUT2D eigenvalue weighted by molar-refractivity contribution is -0.387. The highest BCUT2D eigenvalue weighted by molar-refractivity contribution is 7.90. The maximum Gasteiger partial charge on any atom is 0.288 e. The Hall–Kier alpha value is -3.74. The van der Waals surface area contributed by atoms with Gasteiger partial charge in [0.1, 0.15) is 16.4 Å². The van der Waals surface area contributed by atoms with Crippen LogP contribution in [0.15, 0.2) is 41.3 Å². The lowest BCUT2D eigenvalue weighted by Crippen LogP contribution is -2.14. The molecule has 29 heavy (non-hydrogen) atoms. The first-order valence-electron chi connectivity index (χ1n) is 7.92. The number of hydrogen-bond donors (Lipinski definition) is 1. The molecule has 3 rings (SSSR count). The van der Waals surface area contributed by atoms with Crippen LogP contribution in [-0.2, 0) is 9.84 Å². The van der Waals surface area contributed by atoms with Gasteiger partial charge in [0.25, 0.3) is 11.6 Å². The molecule has 0 aliphatic rings. The van der Waals surface area contributed by atoms with Crippen molar-refractivity contribution in [3.63, 3.8) is 0 Å². The molecule has 1 N–H and O–H groups in total. The highest BCUT2D eigenvalue weighted by Crippen LogP contribution is 2.26. The lowest BCUT2D eigenvalue weighted by Gasteiger charge is -2.09. The van der Waals surface area contributed by atoms with Crippen molar-refractivity contribution in [2.24, 2.45) is 0 Å². The number of anilines is 1. The minimum Gasteiger partial charge on any atom is -0.322 e. The summed E-state index contributed by atoms with van der Waals surface area (Å²) in [6.45, 7) is 1.56. The molecule has 13 heteroatoms. The standard InChI is InChI=1S/C16H13FN6O5S/c1-9-19-20-21-22(9)13-8-11(4-5-12(13)17)18-16(24)10-3-6-15(29(2,27)28)14(7-10)23(25)26/h3-8H,1-2H3,(H,18,24). The van der Waals surface area contributed by atoms with Crippen LogP contribution in [-0.4, -0.2) is 45.7 Å². The molecule has 11 nitrogen and oxygen atoms in total. The minimum absolute atomic E-state index is 0.0105. The van der Waals surface area contributed by atoms with Crippen molar-refractivity contribution in [2.45, 2.75) is 11.8 Å². The molecule has 150 valence electrons. The van der Waals surface area contributed by atoms with E-state index in [4.69, 9.17) is 0 Å². The molecular formula is C16H13FN6O5S. The van der Waals surface area contributed by atoms with Gasteiger partial charge < -0.3 is 5.32 Å². The Morgan fingerprint density at radius 1 is 1.24 bits per heavy atom. The van der Waals surface area contributed by atoms with Gasteiger partial charge in [0.2, 0.25) is 0 Å². The van der Waals surface area contributed by atoms with Crippen LogP contribution in [0.3, 0.4) is 0 Å². The van der Waals surface area contributed by atoms with Gasteiger partial charge in [-0.05, 0) is 47.7 Å². The average Bonchev–Trinajstić information content (AvgIpc) is 3.07. The van der Waals surface area contributed by atoms with Gasteiger partial charge in [-0.2, -0.15) is 4.68 Å². The molecule has 1 amide bonds. The summed E-state index contributed by atoms with van der Waals surface area (Å²) in [6, 6.07) is 6.67. The number of nitro groups is 1. The minimum atomic E-state index is -3.86. The SMILES string of the molecule is Cc1nnnn1-c1cc(NC(=O)c2ccc(S(C)(=O)=O)c([N+](=O)[O-])c2)ccc1F. The number of hydrogen-bond acceptors (Lipinski definition) is 8. The summed E-state index contributed by atoms with van der Waals surface area (Å²) >= 11 is 0. The number of benzene rings is 2. The summed E-state index contributed by atoms with van der Waals surface area (Å²) < 4.78 is 38.6. The summed E-state index contributed by atoms with van der Waals surface area (Å²) in [7, 11) is -3.86. The summed E-state index contributed by atoms with van der Waals surface area (Å²) in [5.74, 6) is -1.06. The number of nitrogens with one attached hydrogen (secondary N) is 1. The number of nitro benzene ring substituents is 1. The zero-order valence-electron chi connectivity index (χ0n) is 15.0. The van der Waals surface area contributed by atoms with E-state index in [1.807, 2.05) is 0 Å². The monoisotopic (exact) mass is 420 g/mol. The highest BCUT2D eigenvalue weighted by atomic mass is 32.2. The van der Waals surface area contributed by atoms with E-state index in [0.29, 0.717) is 5.82 Å². The molecule has 1 heterocycles. The molecule has 1 aromatic heterocycles. The van der Waals surface area contributed by atoms with Crippen molar-refractivity contribution in [1.82, 2.24) is 20.2 Å². The number of carbonyl (C=O) groups excluding carboxylic acids is 1. The molecule has 0 bridgehead atoms. The van der Waals surface area contributed by atoms with E-state index in [9.17, 15) is 27.7 Å².